The summed E-state index contributed by atoms with van der Waals surface area (Å²) in [6.45, 7) is 2.12. The van der Waals surface area contributed by atoms with Crippen LogP contribution in [0.1, 0.15) is 35.7 Å². The van der Waals surface area contributed by atoms with Crippen LogP contribution in [0.4, 0.5) is 0 Å². The number of carbonyl (C=O) groups is 2. The zero-order chi connectivity index (χ0) is 21.8. The predicted molar refractivity (Wildman–Crippen MR) is 114 cm³/mol. The molecule has 2 aromatic carbocycles. The quantitative estimate of drug-likeness (QED) is 0.423. The molecule has 0 heterocycles. The highest BCUT2D eigenvalue weighted by Gasteiger charge is 2.22. The molecule has 0 fully saturated rings. The second-order valence-corrected chi connectivity index (χ2v) is 7.07. The third kappa shape index (κ3) is 8.23. The van der Waals surface area contributed by atoms with E-state index in [1.807, 2.05) is 30.3 Å². The molecule has 0 radical (unpaired) electrons. The van der Waals surface area contributed by atoms with Crippen molar-refractivity contribution in [2.45, 2.75) is 38.3 Å². The van der Waals surface area contributed by atoms with Gasteiger partial charge in [0.25, 0.3) is 5.91 Å². The average molecular weight is 415 g/mol. The number of hydrogen-bond donors (Lipinski definition) is 4. The smallest absolute Gasteiger partial charge is 0.251 e. The molecule has 0 bridgehead atoms. The lowest BCUT2D eigenvalue weighted by molar-refractivity contribution is -0.118. The van der Waals surface area contributed by atoms with Crippen molar-refractivity contribution in [1.82, 2.24) is 10.6 Å². The van der Waals surface area contributed by atoms with Gasteiger partial charge in [0.2, 0.25) is 5.91 Å². The van der Waals surface area contributed by atoms with Crippen molar-refractivity contribution in [3.63, 3.8) is 0 Å². The molecule has 0 aliphatic carbocycles. The molecule has 2 amide bonds. The van der Waals surface area contributed by atoms with Gasteiger partial charge in [-0.15, -0.1) is 0 Å². The van der Waals surface area contributed by atoms with Gasteiger partial charge < -0.3 is 25.6 Å². The minimum absolute atomic E-state index is 0.0305. The Hall–Kier alpha value is -2.90. The monoisotopic (exact) mass is 414 g/mol. The molecule has 0 aliphatic heterocycles. The Morgan fingerprint density at radius 1 is 1.07 bits per heavy atom. The Bertz CT molecular complexity index is 780. The second-order valence-electron chi connectivity index (χ2n) is 7.07. The fraction of sp³-hybridized carbons (Fsp3) is 0.391. The highest BCUT2D eigenvalue weighted by atomic mass is 16.5. The highest BCUT2D eigenvalue weighted by molar-refractivity contribution is 5.94. The largest absolute Gasteiger partial charge is 0.491 e. The van der Waals surface area contributed by atoms with E-state index in [0.717, 1.165) is 12.0 Å². The van der Waals surface area contributed by atoms with Crippen molar-refractivity contribution in [3.8, 4) is 5.75 Å². The maximum absolute atomic E-state index is 12.5. The van der Waals surface area contributed by atoms with E-state index in [9.17, 15) is 14.7 Å². The molecule has 7 nitrogen and oxygen atoms in total. The zero-order valence-corrected chi connectivity index (χ0v) is 17.2. The SMILES string of the molecule is CC(=O)NCCc1ccc(OCC(NC(=O)c2ccccc2)C(O)CCCO)cc1. The van der Waals surface area contributed by atoms with E-state index in [0.29, 0.717) is 30.7 Å². The maximum atomic E-state index is 12.5. The molecule has 0 aromatic heterocycles. The standard InChI is InChI=1S/C23H30N2O5/c1-17(27)24-14-13-18-9-11-20(12-10-18)30-16-21(22(28)8-5-15-26)25-23(29)19-6-3-2-4-7-19/h2-4,6-7,9-12,21-22,26,28H,5,8,13-16H2,1H3,(H,24,27)(H,25,29). The summed E-state index contributed by atoms with van der Waals surface area (Å²) in [5, 5.41) is 25.1. The van der Waals surface area contributed by atoms with Crippen molar-refractivity contribution in [2.24, 2.45) is 0 Å². The third-order valence-electron chi connectivity index (χ3n) is 4.62. The molecule has 0 saturated carbocycles. The Kier molecular flexibility index (Phi) is 9.83. The average Bonchev–Trinajstić information content (AvgIpc) is 2.76. The van der Waals surface area contributed by atoms with Crippen molar-refractivity contribution in [1.29, 1.82) is 0 Å². The fourth-order valence-electron chi connectivity index (χ4n) is 2.91. The minimum atomic E-state index is -0.846. The summed E-state index contributed by atoms with van der Waals surface area (Å²) in [4.78, 5) is 23.4. The normalized spacial score (nSPS) is 12.6. The molecule has 2 rings (SSSR count). The van der Waals surface area contributed by atoms with Crippen LogP contribution in [-0.4, -0.2) is 53.9 Å². The summed E-state index contributed by atoms with van der Waals surface area (Å²) in [5.74, 6) is 0.269. The topological polar surface area (TPSA) is 108 Å². The number of hydrogen-bond acceptors (Lipinski definition) is 5. The number of rotatable bonds is 12. The number of nitrogens with one attached hydrogen (secondary N) is 2. The number of carbonyl (C=O) groups excluding carboxylic acids is 2. The molecule has 2 atom stereocenters. The van der Waals surface area contributed by atoms with E-state index in [-0.39, 0.29) is 25.0 Å². The van der Waals surface area contributed by atoms with Crippen LogP contribution < -0.4 is 15.4 Å². The van der Waals surface area contributed by atoms with E-state index >= 15 is 0 Å². The summed E-state index contributed by atoms with van der Waals surface area (Å²) >= 11 is 0. The molecule has 7 heteroatoms. The summed E-state index contributed by atoms with van der Waals surface area (Å²) in [6, 6.07) is 15.6. The molecular formula is C23H30N2O5. The van der Waals surface area contributed by atoms with Crippen LogP contribution >= 0.6 is 0 Å². The van der Waals surface area contributed by atoms with Crippen molar-refractivity contribution in [3.05, 3.63) is 65.7 Å². The van der Waals surface area contributed by atoms with Gasteiger partial charge in [-0.2, -0.15) is 0 Å². The van der Waals surface area contributed by atoms with E-state index in [1.54, 1.807) is 24.3 Å². The lowest BCUT2D eigenvalue weighted by Gasteiger charge is -2.24. The number of aliphatic hydroxyl groups is 2. The molecule has 4 N–H and O–H groups in total. The van der Waals surface area contributed by atoms with Crippen molar-refractivity contribution in [2.75, 3.05) is 19.8 Å². The van der Waals surface area contributed by atoms with Crippen LogP contribution in [0.3, 0.4) is 0 Å². The van der Waals surface area contributed by atoms with Crippen LogP contribution in [0.2, 0.25) is 0 Å². The first-order chi connectivity index (χ1) is 14.5. The fourth-order valence-corrected chi connectivity index (χ4v) is 2.91. The molecule has 0 aliphatic rings. The number of benzene rings is 2. The molecular weight excluding hydrogens is 384 g/mol. The molecule has 162 valence electrons. The molecule has 30 heavy (non-hydrogen) atoms. The Balaban J connectivity index is 1.94. The molecule has 0 spiro atoms. The van der Waals surface area contributed by atoms with Crippen LogP contribution in [0.15, 0.2) is 54.6 Å². The predicted octanol–water partition coefficient (Wildman–Crippen LogP) is 1.68. The van der Waals surface area contributed by atoms with E-state index < -0.39 is 12.1 Å². The lowest BCUT2D eigenvalue weighted by atomic mass is 10.1. The zero-order valence-electron chi connectivity index (χ0n) is 17.2. The Morgan fingerprint density at radius 3 is 2.40 bits per heavy atom. The summed E-state index contributed by atoms with van der Waals surface area (Å²) in [5.41, 5.74) is 1.56. The minimum Gasteiger partial charge on any atom is -0.491 e. The highest BCUT2D eigenvalue weighted by Crippen LogP contribution is 2.14. The van der Waals surface area contributed by atoms with Gasteiger partial charge in [-0.3, -0.25) is 9.59 Å². The van der Waals surface area contributed by atoms with Gasteiger partial charge in [0.15, 0.2) is 0 Å². The van der Waals surface area contributed by atoms with Gasteiger partial charge >= 0.3 is 0 Å². The van der Waals surface area contributed by atoms with Crippen LogP contribution in [-0.2, 0) is 11.2 Å². The number of ether oxygens (including phenoxy) is 1. The molecule has 2 unspecified atom stereocenters. The number of amides is 2. The van der Waals surface area contributed by atoms with Gasteiger partial charge in [0.05, 0.1) is 12.1 Å². The first-order valence-corrected chi connectivity index (χ1v) is 10.1. The van der Waals surface area contributed by atoms with Crippen LogP contribution in [0.5, 0.6) is 5.75 Å². The van der Waals surface area contributed by atoms with E-state index in [4.69, 9.17) is 9.84 Å². The van der Waals surface area contributed by atoms with Gasteiger partial charge in [0.1, 0.15) is 12.4 Å². The first kappa shape index (κ1) is 23.4. The summed E-state index contributed by atoms with van der Waals surface area (Å²) in [7, 11) is 0. The first-order valence-electron chi connectivity index (χ1n) is 10.1. The van der Waals surface area contributed by atoms with Crippen molar-refractivity contribution < 1.29 is 24.5 Å². The summed E-state index contributed by atoms with van der Waals surface area (Å²) in [6.07, 6.45) is 0.653. The molecule has 2 aromatic rings. The Morgan fingerprint density at radius 2 is 1.77 bits per heavy atom. The third-order valence-corrected chi connectivity index (χ3v) is 4.62. The molecule has 0 saturated heterocycles. The van der Waals surface area contributed by atoms with Gasteiger partial charge in [-0.25, -0.2) is 0 Å². The van der Waals surface area contributed by atoms with Crippen LogP contribution in [0, 0.1) is 0 Å². The second kappa shape index (κ2) is 12.6. The maximum Gasteiger partial charge on any atom is 0.251 e. The van der Waals surface area contributed by atoms with E-state index in [2.05, 4.69) is 10.6 Å². The van der Waals surface area contributed by atoms with Crippen LogP contribution in [0.25, 0.3) is 0 Å². The Labute approximate surface area is 177 Å². The lowest BCUT2D eigenvalue weighted by Crippen LogP contribution is -2.47. The number of aliphatic hydroxyl groups excluding tert-OH is 2. The van der Waals surface area contributed by atoms with Gasteiger partial charge in [-0.1, -0.05) is 30.3 Å². The van der Waals surface area contributed by atoms with Gasteiger partial charge in [-0.05, 0) is 49.1 Å². The van der Waals surface area contributed by atoms with Crippen molar-refractivity contribution >= 4 is 11.8 Å². The van der Waals surface area contributed by atoms with E-state index in [1.165, 1.54) is 6.92 Å². The van der Waals surface area contributed by atoms with Gasteiger partial charge in [0, 0.05) is 25.6 Å². The summed E-state index contributed by atoms with van der Waals surface area (Å²) < 4.78 is 5.80.